The quantitative estimate of drug-likeness (QED) is 0.124. The van der Waals surface area contributed by atoms with Crippen LogP contribution >= 0.6 is 0 Å². The molecule has 0 bridgehead atoms. The first-order valence-electron chi connectivity index (χ1n) is 18.7. The van der Waals surface area contributed by atoms with Gasteiger partial charge in [0, 0.05) is 12.8 Å². The Kier molecular flexibility index (Phi) is 14.2. The van der Waals surface area contributed by atoms with Gasteiger partial charge >= 0.3 is 21.7 Å². The molecule has 0 spiro atoms. The van der Waals surface area contributed by atoms with Crippen molar-refractivity contribution in [2.75, 3.05) is 0 Å². The van der Waals surface area contributed by atoms with Crippen molar-refractivity contribution >= 4 is 21.5 Å². The fourth-order valence-electron chi connectivity index (χ4n) is 7.00. The van der Waals surface area contributed by atoms with Gasteiger partial charge in [0.05, 0.1) is 23.0 Å². The van der Waals surface area contributed by atoms with Crippen LogP contribution in [0.5, 0.6) is 0 Å². The van der Waals surface area contributed by atoms with E-state index < -0.39 is 0 Å². The molecule has 55 heavy (non-hydrogen) atoms. The third-order valence-corrected chi connectivity index (χ3v) is 10.2. The van der Waals surface area contributed by atoms with Crippen molar-refractivity contribution in [2.24, 2.45) is 0 Å². The molecule has 0 atom stereocenters. The van der Waals surface area contributed by atoms with Gasteiger partial charge in [-0.05, 0) is 57.3 Å². The van der Waals surface area contributed by atoms with Gasteiger partial charge in [-0.15, -0.1) is 57.9 Å². The topological polar surface area (TPSA) is 26.3 Å². The summed E-state index contributed by atoms with van der Waals surface area (Å²) in [6.45, 7) is 17.7. The molecular weight excluding hydrogens is 751 g/mol. The summed E-state index contributed by atoms with van der Waals surface area (Å²) in [5.41, 5.74) is 10.4. The first-order chi connectivity index (χ1) is 24.9. The van der Waals surface area contributed by atoms with Crippen LogP contribution in [0, 0.1) is 0 Å². The molecule has 0 N–H and O–H groups in total. The molecular formula is C50H50Cl2O2Ti. The van der Waals surface area contributed by atoms with Gasteiger partial charge in [0.2, 0.25) is 0 Å². The maximum atomic E-state index is 5.95. The average molecular weight is 802 g/mol. The third kappa shape index (κ3) is 9.50. The standard InChI is InChI=1S/2C25H25O.2ClH.Ti/c2*1-5-21-13-14-24(26-21)19-15-18-7-6-8-22(23(18)16-19)17-9-11-20(12-10-17)25(2,3)4;;;/h2*6-16H,5H2,1-4H3;2*1H;/q2*-1;;;+4/p-2. The van der Waals surface area contributed by atoms with Crippen LogP contribution in [0.25, 0.3) is 66.4 Å². The van der Waals surface area contributed by atoms with Crippen LogP contribution in [0.15, 0.2) is 142 Å². The summed E-state index contributed by atoms with van der Waals surface area (Å²) in [5, 5.41) is 5.07. The van der Waals surface area contributed by atoms with Gasteiger partial charge < -0.3 is 33.6 Å². The van der Waals surface area contributed by atoms with E-state index in [0.29, 0.717) is 0 Å². The number of aryl methyl sites for hydroxylation is 2. The predicted octanol–water partition coefficient (Wildman–Crippen LogP) is 8.70. The molecule has 0 aliphatic heterocycles. The van der Waals surface area contributed by atoms with Crippen LogP contribution in [0.2, 0.25) is 0 Å². The molecule has 2 nitrogen and oxygen atoms in total. The van der Waals surface area contributed by atoms with E-state index >= 15 is 0 Å². The van der Waals surface area contributed by atoms with Crippen molar-refractivity contribution in [3.8, 4) is 44.9 Å². The number of benzene rings is 4. The smallest absolute Gasteiger partial charge is 1.00 e. The van der Waals surface area contributed by atoms with Crippen LogP contribution in [0.3, 0.4) is 0 Å². The maximum Gasteiger partial charge on any atom is 4.00 e. The van der Waals surface area contributed by atoms with Crippen LogP contribution in [0.1, 0.15) is 78.0 Å². The van der Waals surface area contributed by atoms with Crippen molar-refractivity contribution in [1.29, 1.82) is 0 Å². The molecule has 8 aromatic rings. The average Bonchev–Trinajstić information content (AvgIpc) is 3.96. The second-order valence-electron chi connectivity index (χ2n) is 16.0. The number of furan rings is 2. The Labute approximate surface area is 354 Å². The summed E-state index contributed by atoms with van der Waals surface area (Å²) < 4.78 is 11.9. The Bertz CT molecular complexity index is 2270. The molecule has 0 aliphatic carbocycles. The molecule has 6 aromatic carbocycles. The molecule has 5 heteroatoms. The van der Waals surface area contributed by atoms with Crippen molar-refractivity contribution in [3.05, 3.63) is 156 Å². The molecule has 0 radical (unpaired) electrons. The van der Waals surface area contributed by atoms with Crippen molar-refractivity contribution in [1.82, 2.24) is 0 Å². The minimum Gasteiger partial charge on any atom is -1.00 e. The largest absolute Gasteiger partial charge is 4.00 e. The fourth-order valence-corrected chi connectivity index (χ4v) is 7.00. The molecule has 0 aliphatic rings. The number of rotatable bonds is 6. The van der Waals surface area contributed by atoms with Gasteiger partial charge in [-0.2, -0.15) is 0 Å². The summed E-state index contributed by atoms with van der Waals surface area (Å²) in [5.74, 6) is 3.96. The Hall–Kier alpha value is -4.05. The van der Waals surface area contributed by atoms with Gasteiger partial charge in [0.25, 0.3) is 0 Å². The van der Waals surface area contributed by atoms with E-state index in [4.69, 9.17) is 8.83 Å². The molecule has 8 rings (SSSR count). The third-order valence-electron chi connectivity index (χ3n) is 10.2. The first kappa shape index (κ1) is 43.7. The number of hydrogen-bond donors (Lipinski definition) is 0. The molecule has 280 valence electrons. The fraction of sp³-hybridized carbons (Fsp3) is 0.240. The first-order valence-corrected chi connectivity index (χ1v) is 18.7. The number of fused-ring (bicyclic) bond motifs is 2. The van der Waals surface area contributed by atoms with Gasteiger partial charge in [-0.1, -0.05) is 150 Å². The van der Waals surface area contributed by atoms with Crippen LogP contribution < -0.4 is 24.8 Å². The summed E-state index contributed by atoms with van der Waals surface area (Å²) in [6.07, 6.45) is 1.84. The van der Waals surface area contributed by atoms with Crippen molar-refractivity contribution < 1.29 is 55.4 Å². The van der Waals surface area contributed by atoms with Gasteiger partial charge in [0.15, 0.2) is 0 Å². The number of halogens is 2. The Balaban J connectivity index is 0.000000232. The zero-order chi connectivity index (χ0) is 36.6. The van der Waals surface area contributed by atoms with Crippen molar-refractivity contribution in [2.45, 2.75) is 79.1 Å². The molecule has 0 saturated heterocycles. The van der Waals surface area contributed by atoms with Crippen molar-refractivity contribution in [3.63, 3.8) is 0 Å². The maximum absolute atomic E-state index is 5.95. The van der Waals surface area contributed by atoms with Gasteiger partial charge in [-0.3, -0.25) is 0 Å². The second-order valence-corrected chi connectivity index (χ2v) is 16.0. The van der Waals surface area contributed by atoms with E-state index in [1.54, 1.807) is 0 Å². The summed E-state index contributed by atoms with van der Waals surface area (Å²) in [7, 11) is 0. The Morgan fingerprint density at radius 3 is 1.15 bits per heavy atom. The zero-order valence-electron chi connectivity index (χ0n) is 33.2. The number of hydrogen-bond acceptors (Lipinski definition) is 2. The van der Waals surface area contributed by atoms with E-state index in [9.17, 15) is 0 Å². The predicted molar refractivity (Wildman–Crippen MR) is 222 cm³/mol. The van der Waals surface area contributed by atoms with Gasteiger partial charge in [0.1, 0.15) is 0 Å². The minimum absolute atomic E-state index is 0. The molecule has 2 aromatic heterocycles. The van der Waals surface area contributed by atoms with Gasteiger partial charge in [-0.25, -0.2) is 0 Å². The normalized spacial score (nSPS) is 11.3. The SMILES string of the molecule is CCc1ccc(-c2cc3c(-c4ccc(C(C)(C)C)cc4)cccc3[cH-]2)o1.CCc1ccc(-c2cc3c(-c4ccc(C(C)(C)C)cc4)cccc3[cH-]2)o1.[Cl-].[Cl-].[Ti+4]. The van der Waals surface area contributed by atoms with E-state index in [1.165, 1.54) is 54.9 Å². The monoisotopic (exact) mass is 800 g/mol. The van der Waals surface area contributed by atoms with E-state index in [2.05, 4.69) is 189 Å². The molecule has 0 unspecified atom stereocenters. The summed E-state index contributed by atoms with van der Waals surface area (Å²) >= 11 is 0. The minimum atomic E-state index is 0. The van der Waals surface area contributed by atoms with Crippen LogP contribution in [0.4, 0.5) is 0 Å². The summed E-state index contributed by atoms with van der Waals surface area (Å²) in [4.78, 5) is 0. The Morgan fingerprint density at radius 1 is 0.473 bits per heavy atom. The van der Waals surface area contributed by atoms with E-state index in [-0.39, 0.29) is 57.4 Å². The molecule has 0 saturated carbocycles. The van der Waals surface area contributed by atoms with E-state index in [0.717, 1.165) is 47.0 Å². The van der Waals surface area contributed by atoms with Crippen LogP contribution in [-0.2, 0) is 45.4 Å². The Morgan fingerprint density at radius 2 is 0.836 bits per heavy atom. The summed E-state index contributed by atoms with van der Waals surface area (Å²) in [6, 6.07) is 48.2. The van der Waals surface area contributed by atoms with E-state index in [1.807, 2.05) is 0 Å². The molecule has 0 amide bonds. The molecule has 2 heterocycles. The zero-order valence-corrected chi connectivity index (χ0v) is 36.3. The van der Waals surface area contributed by atoms with Crippen LogP contribution in [-0.4, -0.2) is 0 Å². The second kappa shape index (κ2) is 17.8. The molecule has 0 fully saturated rings.